The maximum Gasteiger partial charge on any atom is 0.147 e. The van der Waals surface area contributed by atoms with Crippen LogP contribution in [0.25, 0.3) is 0 Å². The molecule has 5 heteroatoms. The van der Waals surface area contributed by atoms with Crippen LogP contribution in [0.1, 0.15) is 5.56 Å². The van der Waals surface area contributed by atoms with Gasteiger partial charge in [-0.1, -0.05) is 45.2 Å². The zero-order valence-corrected chi connectivity index (χ0v) is 12.1. The van der Waals surface area contributed by atoms with Gasteiger partial charge in [0.05, 0.1) is 16.7 Å². The van der Waals surface area contributed by atoms with Crippen LogP contribution in [0.15, 0.2) is 40.9 Å². The average Bonchev–Trinajstić information content (AvgIpc) is 2.34. The number of nitrogens with zero attached hydrogens (tertiary/aromatic N) is 1. The van der Waals surface area contributed by atoms with E-state index >= 15 is 0 Å². The van der Waals surface area contributed by atoms with E-state index in [1.807, 2.05) is 0 Å². The van der Waals surface area contributed by atoms with Gasteiger partial charge in [0.2, 0.25) is 0 Å². The molecule has 0 heterocycles. The third-order valence-corrected chi connectivity index (χ3v) is 3.40. The monoisotopic (exact) mass is 341 g/mol. The van der Waals surface area contributed by atoms with E-state index in [9.17, 15) is 0 Å². The molecule has 0 saturated carbocycles. The SMILES string of the molecule is N#Cc1cc(Br)cc(Oc2cccc(Cl)c2Cl)c1. The Morgan fingerprint density at radius 1 is 1.17 bits per heavy atom. The van der Waals surface area contributed by atoms with E-state index in [1.165, 1.54) is 0 Å². The lowest BCUT2D eigenvalue weighted by Crippen LogP contribution is -1.87. The molecule has 0 unspecified atom stereocenters. The van der Waals surface area contributed by atoms with Gasteiger partial charge in [-0.15, -0.1) is 0 Å². The van der Waals surface area contributed by atoms with Gasteiger partial charge in [0.15, 0.2) is 0 Å². The van der Waals surface area contributed by atoms with Crippen molar-refractivity contribution in [2.24, 2.45) is 0 Å². The number of rotatable bonds is 2. The highest BCUT2D eigenvalue weighted by Gasteiger charge is 2.07. The van der Waals surface area contributed by atoms with E-state index < -0.39 is 0 Å². The summed E-state index contributed by atoms with van der Waals surface area (Å²) in [5, 5.41) is 9.64. The van der Waals surface area contributed by atoms with Crippen LogP contribution >= 0.6 is 39.1 Å². The molecule has 2 aromatic carbocycles. The van der Waals surface area contributed by atoms with E-state index in [4.69, 9.17) is 33.2 Å². The van der Waals surface area contributed by atoms with Crippen molar-refractivity contribution >= 4 is 39.1 Å². The predicted molar refractivity (Wildman–Crippen MR) is 75.4 cm³/mol. The highest BCUT2D eigenvalue weighted by atomic mass is 79.9. The fraction of sp³-hybridized carbons (Fsp3) is 0. The Balaban J connectivity index is 2.37. The molecule has 0 aliphatic heterocycles. The molecule has 2 nitrogen and oxygen atoms in total. The minimum absolute atomic E-state index is 0.345. The fourth-order valence-corrected chi connectivity index (χ4v) is 2.18. The molecule has 0 atom stereocenters. The van der Waals surface area contributed by atoms with Crippen molar-refractivity contribution < 1.29 is 4.74 Å². The Kier molecular flexibility index (Phi) is 4.13. The number of benzene rings is 2. The molecule has 2 rings (SSSR count). The van der Waals surface area contributed by atoms with Gasteiger partial charge in [-0.05, 0) is 30.3 Å². The first-order chi connectivity index (χ1) is 8.60. The lowest BCUT2D eigenvalue weighted by molar-refractivity contribution is 0.482. The summed E-state index contributed by atoms with van der Waals surface area (Å²) in [7, 11) is 0. The summed E-state index contributed by atoms with van der Waals surface area (Å²) >= 11 is 15.2. The Hall–Kier alpha value is -1.21. The molecule has 18 heavy (non-hydrogen) atoms. The smallest absolute Gasteiger partial charge is 0.147 e. The topological polar surface area (TPSA) is 33.0 Å². The number of hydrogen-bond donors (Lipinski definition) is 0. The molecule has 0 saturated heterocycles. The zero-order chi connectivity index (χ0) is 13.1. The van der Waals surface area contributed by atoms with Crippen molar-refractivity contribution in [3.05, 3.63) is 56.5 Å². The third kappa shape index (κ3) is 2.97. The molecule has 0 radical (unpaired) electrons. The summed E-state index contributed by atoms with van der Waals surface area (Å²) in [6.45, 7) is 0. The summed E-state index contributed by atoms with van der Waals surface area (Å²) in [6.07, 6.45) is 0. The Morgan fingerprint density at radius 2 is 1.94 bits per heavy atom. The van der Waals surface area contributed by atoms with Crippen molar-refractivity contribution in [3.63, 3.8) is 0 Å². The van der Waals surface area contributed by atoms with Gasteiger partial charge in [0, 0.05) is 4.47 Å². The molecule has 0 bridgehead atoms. The highest BCUT2D eigenvalue weighted by Crippen LogP contribution is 2.35. The van der Waals surface area contributed by atoms with Crippen LogP contribution < -0.4 is 4.74 Å². The van der Waals surface area contributed by atoms with Gasteiger partial charge >= 0.3 is 0 Å². The van der Waals surface area contributed by atoms with Crippen LogP contribution in [0.2, 0.25) is 10.0 Å². The molecular weight excluding hydrogens is 337 g/mol. The average molecular weight is 343 g/mol. The van der Waals surface area contributed by atoms with Gasteiger partial charge in [0.25, 0.3) is 0 Å². The summed E-state index contributed by atoms with van der Waals surface area (Å²) < 4.78 is 6.37. The Bertz CT molecular complexity index is 637. The van der Waals surface area contributed by atoms with E-state index in [0.29, 0.717) is 27.1 Å². The first-order valence-corrected chi connectivity index (χ1v) is 6.47. The standard InChI is InChI=1S/C13H6BrCl2NO/c14-9-4-8(7-17)5-10(6-9)18-12-3-1-2-11(15)13(12)16/h1-6H. The van der Waals surface area contributed by atoms with Crippen molar-refractivity contribution in [1.29, 1.82) is 5.26 Å². The quantitative estimate of drug-likeness (QED) is 0.730. The van der Waals surface area contributed by atoms with E-state index in [2.05, 4.69) is 22.0 Å². The summed E-state index contributed by atoms with van der Waals surface area (Å²) in [5.74, 6) is 0.969. The van der Waals surface area contributed by atoms with Gasteiger partial charge in [0.1, 0.15) is 16.5 Å². The van der Waals surface area contributed by atoms with E-state index in [-0.39, 0.29) is 0 Å². The first-order valence-electron chi connectivity index (χ1n) is 4.92. The number of halogens is 3. The number of hydrogen-bond acceptors (Lipinski definition) is 2. The van der Waals surface area contributed by atoms with Crippen LogP contribution in [-0.4, -0.2) is 0 Å². The van der Waals surface area contributed by atoms with Crippen molar-refractivity contribution in [2.75, 3.05) is 0 Å². The molecule has 0 fully saturated rings. The second-order valence-corrected chi connectivity index (χ2v) is 5.14. The second-order valence-electron chi connectivity index (χ2n) is 3.44. The Morgan fingerprint density at radius 3 is 2.67 bits per heavy atom. The summed E-state index contributed by atoms with van der Waals surface area (Å²) in [4.78, 5) is 0. The minimum atomic E-state index is 0.345. The largest absolute Gasteiger partial charge is 0.456 e. The molecule has 0 spiro atoms. The minimum Gasteiger partial charge on any atom is -0.456 e. The molecule has 90 valence electrons. The number of nitriles is 1. The third-order valence-electron chi connectivity index (χ3n) is 2.14. The molecule has 0 aliphatic rings. The molecule has 0 aromatic heterocycles. The fourth-order valence-electron chi connectivity index (χ4n) is 1.38. The van der Waals surface area contributed by atoms with Crippen LogP contribution in [0.5, 0.6) is 11.5 Å². The lowest BCUT2D eigenvalue weighted by atomic mass is 10.2. The van der Waals surface area contributed by atoms with Crippen LogP contribution in [0.4, 0.5) is 0 Å². The maximum atomic E-state index is 8.88. The highest BCUT2D eigenvalue weighted by molar-refractivity contribution is 9.10. The summed E-state index contributed by atoms with van der Waals surface area (Å²) in [5.41, 5.74) is 0.498. The molecule has 2 aromatic rings. The Labute approximate surface area is 123 Å². The molecule has 0 aliphatic carbocycles. The van der Waals surface area contributed by atoms with Gasteiger partial charge in [-0.25, -0.2) is 0 Å². The van der Waals surface area contributed by atoms with Gasteiger partial charge in [-0.3, -0.25) is 0 Å². The lowest BCUT2D eigenvalue weighted by Gasteiger charge is -2.09. The van der Waals surface area contributed by atoms with Crippen molar-refractivity contribution in [3.8, 4) is 17.6 Å². The first kappa shape index (κ1) is 13.2. The van der Waals surface area contributed by atoms with E-state index in [0.717, 1.165) is 4.47 Å². The number of ether oxygens (including phenoxy) is 1. The van der Waals surface area contributed by atoms with Crippen molar-refractivity contribution in [2.45, 2.75) is 0 Å². The second kappa shape index (κ2) is 5.62. The molecular formula is C13H6BrCl2NO. The van der Waals surface area contributed by atoms with E-state index in [1.54, 1.807) is 36.4 Å². The molecule has 0 amide bonds. The van der Waals surface area contributed by atoms with Crippen LogP contribution in [0, 0.1) is 11.3 Å². The zero-order valence-electron chi connectivity index (χ0n) is 8.95. The van der Waals surface area contributed by atoms with Gasteiger partial charge in [-0.2, -0.15) is 5.26 Å². The predicted octanol–water partition coefficient (Wildman–Crippen LogP) is 5.42. The van der Waals surface area contributed by atoms with Crippen LogP contribution in [0.3, 0.4) is 0 Å². The summed E-state index contributed by atoms with van der Waals surface area (Å²) in [6, 6.07) is 12.3. The van der Waals surface area contributed by atoms with Crippen LogP contribution in [-0.2, 0) is 0 Å². The normalized spacial score (nSPS) is 9.89. The van der Waals surface area contributed by atoms with Gasteiger partial charge < -0.3 is 4.74 Å². The maximum absolute atomic E-state index is 8.88. The van der Waals surface area contributed by atoms with Crippen molar-refractivity contribution in [1.82, 2.24) is 0 Å². The molecule has 0 N–H and O–H groups in total.